The van der Waals surface area contributed by atoms with Crippen LogP contribution in [0, 0.1) is 0 Å². The average Bonchev–Trinajstić information content (AvgIpc) is 3.50. The van der Waals surface area contributed by atoms with Gasteiger partial charge >= 0.3 is 11.7 Å². The first-order valence-corrected chi connectivity index (χ1v) is 14.3. The van der Waals surface area contributed by atoms with Crippen molar-refractivity contribution in [1.29, 1.82) is 0 Å². The Hall–Kier alpha value is -3.78. The third-order valence-corrected chi connectivity index (χ3v) is 8.41. The molecule has 0 spiro atoms. The summed E-state index contributed by atoms with van der Waals surface area (Å²) >= 11 is 0. The van der Waals surface area contributed by atoms with Gasteiger partial charge in [-0.15, -0.1) is 0 Å². The number of carbonyl (C=O) groups excluding carboxylic acids is 2. The number of esters is 1. The molecule has 1 amide bonds. The van der Waals surface area contributed by atoms with E-state index in [1.165, 1.54) is 22.9 Å². The number of aromatic nitrogens is 4. The van der Waals surface area contributed by atoms with E-state index in [4.69, 9.17) is 9.47 Å². The van der Waals surface area contributed by atoms with Crippen molar-refractivity contribution in [3.8, 4) is 0 Å². The number of carbonyl (C=O) groups is 2. The topological polar surface area (TPSA) is 152 Å². The molecule has 14 heteroatoms. The molecule has 0 saturated carbocycles. The molecule has 1 aliphatic rings. The van der Waals surface area contributed by atoms with Crippen LogP contribution in [0.15, 0.2) is 46.2 Å². The van der Waals surface area contributed by atoms with Crippen molar-refractivity contribution >= 4 is 32.9 Å². The van der Waals surface area contributed by atoms with Crippen LogP contribution >= 0.6 is 0 Å². The van der Waals surface area contributed by atoms with Gasteiger partial charge in [-0.1, -0.05) is 30.3 Å². The molecule has 1 aromatic carbocycles. The molecule has 3 aromatic rings. The number of nitrogens with zero attached hydrogens (tertiary/aromatic N) is 5. The predicted molar refractivity (Wildman–Crippen MR) is 141 cm³/mol. The van der Waals surface area contributed by atoms with Crippen LogP contribution in [0.2, 0.25) is 0 Å². The number of hydrogen-bond donors (Lipinski definition) is 0. The van der Waals surface area contributed by atoms with E-state index in [0.717, 1.165) is 10.1 Å². The van der Waals surface area contributed by atoms with Gasteiger partial charge in [0, 0.05) is 26.2 Å². The van der Waals surface area contributed by atoms with Gasteiger partial charge in [0.25, 0.3) is 11.5 Å². The zero-order valence-corrected chi connectivity index (χ0v) is 22.6. The highest BCUT2D eigenvalue weighted by atomic mass is 32.2. The number of amides is 1. The second-order valence-electron chi connectivity index (χ2n) is 9.25. The minimum absolute atomic E-state index is 0.00283. The Morgan fingerprint density at radius 2 is 1.90 bits per heavy atom. The van der Waals surface area contributed by atoms with Crippen molar-refractivity contribution in [1.82, 2.24) is 23.6 Å². The van der Waals surface area contributed by atoms with Crippen molar-refractivity contribution in [3.05, 3.63) is 63.1 Å². The first-order valence-electron chi connectivity index (χ1n) is 12.5. The lowest BCUT2D eigenvalue weighted by Gasteiger charge is -2.26. The Labute approximate surface area is 224 Å². The van der Waals surface area contributed by atoms with E-state index >= 15 is 0 Å². The minimum atomic E-state index is -3.21. The van der Waals surface area contributed by atoms with Gasteiger partial charge in [-0.3, -0.25) is 19.0 Å². The lowest BCUT2D eigenvalue weighted by Crippen LogP contribution is -2.44. The summed E-state index contributed by atoms with van der Waals surface area (Å²) in [6, 6.07) is 8.65. The Balaban J connectivity index is 1.58. The maximum absolute atomic E-state index is 13.4. The fraction of sp³-hybridized carbons (Fsp3) is 0.480. The van der Waals surface area contributed by atoms with Gasteiger partial charge < -0.3 is 18.9 Å². The monoisotopic (exact) mass is 561 g/mol. The molecule has 4 rings (SSSR count). The number of rotatable bonds is 11. The number of hydrogen-bond acceptors (Lipinski definition) is 9. The third kappa shape index (κ3) is 6.28. The van der Waals surface area contributed by atoms with Crippen molar-refractivity contribution in [2.45, 2.75) is 39.0 Å². The smallest absolute Gasteiger partial charge is 0.333 e. The molecule has 0 radical (unpaired) electrons. The molecule has 0 bridgehead atoms. The molecular weight excluding hydrogens is 530 g/mol. The van der Waals surface area contributed by atoms with Crippen LogP contribution in [0.4, 0.5) is 0 Å². The standard InChI is InChI=1S/C25H31N5O8S/c1-3-28(19-9-12-39(35,36)16-19)20(31)15-38-21(32)14-30-24(33)22-23(26-17-27(22)10-11-37-2)29(25(30)34)13-18-7-5-4-6-8-18/h4-8,17,19H,3,9-16H2,1-2H3/t19-/m0/s1. The number of imidazole rings is 1. The second-order valence-corrected chi connectivity index (χ2v) is 11.5. The van der Waals surface area contributed by atoms with Crippen LogP contribution in [0.25, 0.3) is 11.2 Å². The molecule has 0 aliphatic carbocycles. The highest BCUT2D eigenvalue weighted by molar-refractivity contribution is 7.91. The molecule has 1 fully saturated rings. The molecule has 1 atom stereocenters. The predicted octanol–water partition coefficient (Wildman–Crippen LogP) is -0.367. The van der Waals surface area contributed by atoms with Crippen LogP contribution < -0.4 is 11.2 Å². The highest BCUT2D eigenvalue weighted by Crippen LogP contribution is 2.18. The Kier molecular flexibility index (Phi) is 8.65. The zero-order chi connectivity index (χ0) is 28.2. The fourth-order valence-electron chi connectivity index (χ4n) is 4.71. The van der Waals surface area contributed by atoms with E-state index in [1.54, 1.807) is 11.5 Å². The van der Waals surface area contributed by atoms with Crippen LogP contribution in [-0.4, -0.2) is 88.3 Å². The van der Waals surface area contributed by atoms with E-state index in [2.05, 4.69) is 4.98 Å². The second kappa shape index (κ2) is 11.9. The number of sulfone groups is 1. The number of ether oxygens (including phenoxy) is 2. The third-order valence-electron chi connectivity index (χ3n) is 6.66. The summed E-state index contributed by atoms with van der Waals surface area (Å²) in [6.07, 6.45) is 1.76. The van der Waals surface area contributed by atoms with Gasteiger partial charge in [0.05, 0.1) is 31.0 Å². The normalized spacial score (nSPS) is 16.4. The zero-order valence-electron chi connectivity index (χ0n) is 21.8. The number of fused-ring (bicyclic) bond motifs is 1. The van der Waals surface area contributed by atoms with E-state index in [0.29, 0.717) is 19.6 Å². The van der Waals surface area contributed by atoms with E-state index in [1.807, 2.05) is 30.3 Å². The lowest BCUT2D eigenvalue weighted by atomic mass is 10.2. The Bertz CT molecular complexity index is 1580. The summed E-state index contributed by atoms with van der Waals surface area (Å²) in [5.74, 6) is -1.63. The van der Waals surface area contributed by atoms with Crippen LogP contribution in [0.1, 0.15) is 18.9 Å². The van der Waals surface area contributed by atoms with Crippen molar-refractivity contribution in [2.75, 3.05) is 38.4 Å². The van der Waals surface area contributed by atoms with Crippen molar-refractivity contribution in [3.63, 3.8) is 0 Å². The summed E-state index contributed by atoms with van der Waals surface area (Å²) in [4.78, 5) is 57.9. The van der Waals surface area contributed by atoms with Gasteiger partial charge in [-0.05, 0) is 18.9 Å². The number of likely N-dealkylation sites (N-methyl/N-ethyl adjacent to an activating group) is 1. The maximum atomic E-state index is 13.4. The molecule has 13 nitrogen and oxygen atoms in total. The fourth-order valence-corrected chi connectivity index (χ4v) is 6.44. The molecule has 2 aromatic heterocycles. The van der Waals surface area contributed by atoms with Gasteiger partial charge in [0.15, 0.2) is 27.6 Å². The van der Waals surface area contributed by atoms with Gasteiger partial charge in [0.1, 0.15) is 6.54 Å². The summed E-state index contributed by atoms with van der Waals surface area (Å²) in [5.41, 5.74) is -0.370. The van der Waals surface area contributed by atoms with E-state index in [9.17, 15) is 27.6 Å². The first-order chi connectivity index (χ1) is 18.6. The molecule has 210 valence electrons. The molecule has 0 unspecified atom stereocenters. The van der Waals surface area contributed by atoms with Crippen LogP contribution in [0.3, 0.4) is 0 Å². The minimum Gasteiger partial charge on any atom is -0.454 e. The molecule has 0 N–H and O–H groups in total. The van der Waals surface area contributed by atoms with E-state index in [-0.39, 0.29) is 35.8 Å². The van der Waals surface area contributed by atoms with Gasteiger partial charge in [-0.2, -0.15) is 0 Å². The van der Waals surface area contributed by atoms with Crippen LogP contribution in [0.5, 0.6) is 0 Å². The Morgan fingerprint density at radius 3 is 2.54 bits per heavy atom. The summed E-state index contributed by atoms with van der Waals surface area (Å²) < 4.78 is 37.5. The van der Waals surface area contributed by atoms with Gasteiger partial charge in [0.2, 0.25) is 0 Å². The van der Waals surface area contributed by atoms with E-state index < -0.39 is 52.2 Å². The van der Waals surface area contributed by atoms with Crippen LogP contribution in [-0.2, 0) is 48.5 Å². The Morgan fingerprint density at radius 1 is 1.15 bits per heavy atom. The SMILES string of the molecule is CCN(C(=O)COC(=O)Cn1c(=O)c2c(ncn2CCOC)n(Cc2ccccc2)c1=O)[C@H]1CCS(=O)(=O)C1. The maximum Gasteiger partial charge on any atom is 0.333 e. The molecule has 3 heterocycles. The molecule has 1 aliphatic heterocycles. The highest BCUT2D eigenvalue weighted by Gasteiger charge is 2.34. The first kappa shape index (κ1) is 28.2. The summed E-state index contributed by atoms with van der Waals surface area (Å²) in [7, 11) is -1.69. The number of methoxy groups -OCH3 is 1. The van der Waals surface area contributed by atoms with Gasteiger partial charge in [-0.25, -0.2) is 22.8 Å². The summed E-state index contributed by atoms with van der Waals surface area (Å²) in [5, 5.41) is 0. The summed E-state index contributed by atoms with van der Waals surface area (Å²) in [6.45, 7) is 1.32. The molecule has 39 heavy (non-hydrogen) atoms. The largest absolute Gasteiger partial charge is 0.454 e. The molecular formula is C25H31N5O8S. The van der Waals surface area contributed by atoms with Crippen molar-refractivity contribution in [2.24, 2.45) is 0 Å². The average molecular weight is 562 g/mol. The number of benzene rings is 1. The lowest BCUT2D eigenvalue weighted by molar-refractivity contribution is -0.153. The quantitative estimate of drug-likeness (QED) is 0.286. The van der Waals surface area contributed by atoms with Crippen molar-refractivity contribution < 1.29 is 27.5 Å². The molecule has 1 saturated heterocycles.